The first-order chi connectivity index (χ1) is 13.6. The van der Waals surface area contributed by atoms with Gasteiger partial charge in [0.1, 0.15) is 6.04 Å². The third-order valence-corrected chi connectivity index (χ3v) is 6.78. The molecule has 4 rings (SSSR count). The number of unbranched alkanes of at least 4 members (excludes halogenated alkanes) is 1. The Kier molecular flexibility index (Phi) is 5.78. The first-order valence-corrected chi connectivity index (χ1v) is 10.8. The van der Waals surface area contributed by atoms with E-state index in [0.717, 1.165) is 75.1 Å². The molecule has 2 fully saturated rings. The Bertz CT molecular complexity index is 710. The van der Waals surface area contributed by atoms with Crippen LogP contribution in [0.4, 0.5) is 0 Å². The van der Waals surface area contributed by atoms with Crippen molar-refractivity contribution < 1.29 is 24.3 Å². The second-order valence-electron chi connectivity index (χ2n) is 8.58. The van der Waals surface area contributed by atoms with Crippen LogP contribution in [0.2, 0.25) is 0 Å². The fourth-order valence-corrected chi connectivity index (χ4v) is 5.30. The fraction of sp³-hybridized carbons (Fsp3) is 0.682. The number of carbonyl (C=O) groups excluding carboxylic acids is 1. The number of nitrogens with one attached hydrogen (secondary N) is 2. The number of aliphatic hydroxyl groups is 1. The molecule has 154 valence electrons. The Hall–Kier alpha value is -1.79. The second kappa shape index (κ2) is 8.29. The highest BCUT2D eigenvalue weighted by atomic mass is 16.7. The van der Waals surface area contributed by atoms with Gasteiger partial charge in [-0.05, 0) is 37.5 Å². The van der Waals surface area contributed by atoms with Gasteiger partial charge in [-0.15, -0.1) is 0 Å². The van der Waals surface area contributed by atoms with Crippen molar-refractivity contribution in [1.82, 2.24) is 5.32 Å². The molecule has 3 aliphatic rings. The second-order valence-corrected chi connectivity index (χ2v) is 8.58. The Morgan fingerprint density at radius 3 is 3.00 bits per heavy atom. The van der Waals surface area contributed by atoms with Gasteiger partial charge in [0.15, 0.2) is 18.0 Å². The van der Waals surface area contributed by atoms with Crippen molar-refractivity contribution in [1.29, 1.82) is 0 Å². The number of piperidine rings is 1. The molecular weight excluding hydrogens is 356 g/mol. The molecule has 1 aromatic carbocycles. The van der Waals surface area contributed by atoms with Crippen LogP contribution in [-0.4, -0.2) is 43.0 Å². The normalized spacial score (nSPS) is 31.3. The predicted octanol–water partition coefficient (Wildman–Crippen LogP) is 1.58. The van der Waals surface area contributed by atoms with Crippen molar-refractivity contribution in [2.75, 3.05) is 26.4 Å². The number of hydrogen-bond acceptors (Lipinski definition) is 4. The Morgan fingerprint density at radius 2 is 2.14 bits per heavy atom. The van der Waals surface area contributed by atoms with E-state index in [0.29, 0.717) is 6.54 Å². The van der Waals surface area contributed by atoms with Gasteiger partial charge >= 0.3 is 0 Å². The zero-order valence-electron chi connectivity index (χ0n) is 16.8. The van der Waals surface area contributed by atoms with E-state index >= 15 is 0 Å². The van der Waals surface area contributed by atoms with Gasteiger partial charge in [0, 0.05) is 24.4 Å². The van der Waals surface area contributed by atoms with Gasteiger partial charge in [0.05, 0.1) is 12.1 Å². The predicted molar refractivity (Wildman–Crippen MR) is 105 cm³/mol. The summed E-state index contributed by atoms with van der Waals surface area (Å²) in [5.74, 6) is 1.83. The highest BCUT2D eigenvalue weighted by molar-refractivity contribution is 5.76. The van der Waals surface area contributed by atoms with Crippen molar-refractivity contribution in [2.45, 2.75) is 63.5 Å². The Labute approximate surface area is 167 Å². The minimum Gasteiger partial charge on any atom is -0.454 e. The zero-order valence-corrected chi connectivity index (χ0v) is 16.8. The molecule has 0 radical (unpaired) electrons. The van der Waals surface area contributed by atoms with Crippen molar-refractivity contribution in [3.8, 4) is 11.5 Å². The van der Waals surface area contributed by atoms with Gasteiger partial charge in [-0.3, -0.25) is 4.79 Å². The summed E-state index contributed by atoms with van der Waals surface area (Å²) in [5, 5.41) is 14.4. The topological polar surface area (TPSA) is 72.2 Å². The maximum atomic E-state index is 12.6. The molecule has 1 amide bonds. The van der Waals surface area contributed by atoms with Crippen molar-refractivity contribution >= 4 is 5.91 Å². The van der Waals surface area contributed by atoms with E-state index in [9.17, 15) is 9.90 Å². The van der Waals surface area contributed by atoms with Crippen LogP contribution in [0.15, 0.2) is 18.2 Å². The molecule has 1 aromatic rings. The molecule has 0 bridgehead atoms. The molecule has 6 heteroatoms. The molecule has 0 aromatic heterocycles. The molecule has 6 nitrogen and oxygen atoms in total. The maximum absolute atomic E-state index is 12.6. The van der Waals surface area contributed by atoms with E-state index in [4.69, 9.17) is 9.47 Å². The Morgan fingerprint density at radius 1 is 1.29 bits per heavy atom. The van der Waals surface area contributed by atoms with Crippen LogP contribution in [0.1, 0.15) is 63.5 Å². The van der Waals surface area contributed by atoms with E-state index in [2.05, 4.69) is 24.4 Å². The van der Waals surface area contributed by atoms with E-state index in [1.54, 1.807) is 0 Å². The molecule has 4 atom stereocenters. The molecule has 2 aliphatic heterocycles. The highest BCUT2D eigenvalue weighted by Gasteiger charge is 2.52. The SMILES string of the molecule is CCCCNC(=O)C[NH+]1CC[C@@]2(O)CCCC[C@H]2[C@@H]1c1ccc2c(c1)OCO2. The summed E-state index contributed by atoms with van der Waals surface area (Å²) in [7, 11) is 0. The van der Waals surface area contributed by atoms with Gasteiger partial charge in [-0.1, -0.05) is 26.2 Å². The maximum Gasteiger partial charge on any atom is 0.275 e. The molecule has 1 unspecified atom stereocenters. The van der Waals surface area contributed by atoms with Crippen molar-refractivity contribution in [2.24, 2.45) is 5.92 Å². The lowest BCUT2D eigenvalue weighted by Gasteiger charge is -2.50. The van der Waals surface area contributed by atoms with Gasteiger partial charge < -0.3 is 24.8 Å². The molecule has 28 heavy (non-hydrogen) atoms. The number of rotatable bonds is 6. The molecule has 0 spiro atoms. The van der Waals surface area contributed by atoms with Gasteiger partial charge in [-0.25, -0.2) is 0 Å². The minimum absolute atomic E-state index is 0.102. The fourth-order valence-electron chi connectivity index (χ4n) is 5.30. The third-order valence-electron chi connectivity index (χ3n) is 6.78. The van der Waals surface area contributed by atoms with Crippen LogP contribution in [0.5, 0.6) is 11.5 Å². The van der Waals surface area contributed by atoms with E-state index in [-0.39, 0.29) is 24.7 Å². The van der Waals surface area contributed by atoms with E-state index < -0.39 is 5.60 Å². The summed E-state index contributed by atoms with van der Waals surface area (Å²) in [5.41, 5.74) is 0.534. The quantitative estimate of drug-likeness (QED) is 0.646. The van der Waals surface area contributed by atoms with Gasteiger partial charge in [0.25, 0.3) is 5.91 Å². The average molecular weight is 390 g/mol. The van der Waals surface area contributed by atoms with E-state index in [1.807, 2.05) is 6.07 Å². The lowest BCUT2D eigenvalue weighted by Crippen LogP contribution is -3.16. The van der Waals surface area contributed by atoms with Crippen LogP contribution >= 0.6 is 0 Å². The molecule has 1 saturated heterocycles. The molecule has 3 N–H and O–H groups in total. The first kappa shape index (κ1) is 19.5. The molecule has 1 saturated carbocycles. The minimum atomic E-state index is -0.610. The Balaban J connectivity index is 1.58. The highest BCUT2D eigenvalue weighted by Crippen LogP contribution is 2.45. The molecule has 2 heterocycles. The number of quaternary nitrogens is 1. The van der Waals surface area contributed by atoms with E-state index in [1.165, 1.54) is 4.90 Å². The molecule has 1 aliphatic carbocycles. The number of benzene rings is 1. The zero-order chi connectivity index (χ0) is 19.6. The molecular formula is C22H33N2O4+. The number of hydrogen-bond donors (Lipinski definition) is 3. The van der Waals surface area contributed by atoms with Crippen LogP contribution in [-0.2, 0) is 4.79 Å². The summed E-state index contributed by atoms with van der Waals surface area (Å²) < 4.78 is 11.1. The summed E-state index contributed by atoms with van der Waals surface area (Å²) in [6.45, 7) is 4.39. The summed E-state index contributed by atoms with van der Waals surface area (Å²) >= 11 is 0. The smallest absolute Gasteiger partial charge is 0.275 e. The number of likely N-dealkylation sites (tertiary alicyclic amines) is 1. The van der Waals surface area contributed by atoms with Crippen LogP contribution in [0.25, 0.3) is 0 Å². The van der Waals surface area contributed by atoms with Crippen LogP contribution in [0, 0.1) is 5.92 Å². The number of fused-ring (bicyclic) bond motifs is 2. The third kappa shape index (κ3) is 3.85. The summed E-state index contributed by atoms with van der Waals surface area (Å²) in [4.78, 5) is 13.8. The lowest BCUT2D eigenvalue weighted by atomic mass is 9.66. The van der Waals surface area contributed by atoms with Crippen molar-refractivity contribution in [3.05, 3.63) is 23.8 Å². The summed E-state index contributed by atoms with van der Waals surface area (Å²) in [6, 6.07) is 6.22. The monoisotopic (exact) mass is 389 g/mol. The van der Waals surface area contributed by atoms with Crippen LogP contribution in [0.3, 0.4) is 0 Å². The first-order valence-electron chi connectivity index (χ1n) is 10.8. The number of amides is 1. The summed E-state index contributed by atoms with van der Waals surface area (Å²) in [6.07, 6.45) is 6.97. The average Bonchev–Trinajstić information content (AvgIpc) is 3.16. The van der Waals surface area contributed by atoms with Crippen molar-refractivity contribution in [3.63, 3.8) is 0 Å². The number of carbonyl (C=O) groups is 1. The lowest BCUT2D eigenvalue weighted by molar-refractivity contribution is -0.937. The van der Waals surface area contributed by atoms with Gasteiger partial charge in [0.2, 0.25) is 6.79 Å². The largest absolute Gasteiger partial charge is 0.454 e. The van der Waals surface area contributed by atoms with Gasteiger partial charge in [-0.2, -0.15) is 0 Å². The standard InChI is InChI=1S/C22H32N2O4/c1-2-3-11-23-20(25)14-24-12-10-22(26)9-5-4-6-17(22)21(24)16-7-8-18-19(13-16)28-15-27-18/h7-8,13,17,21,26H,2-6,9-12,14-15H2,1H3,(H,23,25)/p+1/t17-,21-,22-/m0/s1. The van der Waals surface area contributed by atoms with Crippen LogP contribution < -0.4 is 19.7 Å². The number of ether oxygens (including phenoxy) is 2.